The third-order valence-corrected chi connectivity index (χ3v) is 2.96. The van der Waals surface area contributed by atoms with Crippen molar-refractivity contribution in [3.05, 3.63) is 57.6 Å². The van der Waals surface area contributed by atoms with Gasteiger partial charge >= 0.3 is 0 Å². The first-order valence-electron chi connectivity index (χ1n) is 5.35. The van der Waals surface area contributed by atoms with Crippen LogP contribution < -0.4 is 0 Å². The van der Waals surface area contributed by atoms with Gasteiger partial charge in [-0.25, -0.2) is 0 Å². The molecule has 0 radical (unpaired) electrons. The highest BCUT2D eigenvalue weighted by Gasteiger charge is 2.04. The van der Waals surface area contributed by atoms with Crippen LogP contribution in [0.25, 0.3) is 0 Å². The SMILES string of the molecule is Cc1cc(Cl)c(O)c(C=Nc2ccc(Cl)cc2)c1. The van der Waals surface area contributed by atoms with Crippen molar-refractivity contribution in [1.82, 2.24) is 0 Å². The Labute approximate surface area is 116 Å². The Morgan fingerprint density at radius 3 is 2.44 bits per heavy atom. The van der Waals surface area contributed by atoms with Gasteiger partial charge in [-0.2, -0.15) is 0 Å². The number of hydrogen-bond donors (Lipinski definition) is 1. The van der Waals surface area contributed by atoms with Crippen molar-refractivity contribution in [2.75, 3.05) is 0 Å². The van der Waals surface area contributed by atoms with E-state index in [-0.39, 0.29) is 5.75 Å². The topological polar surface area (TPSA) is 32.6 Å². The van der Waals surface area contributed by atoms with E-state index in [0.717, 1.165) is 11.3 Å². The molecular formula is C14H11Cl2NO. The highest BCUT2D eigenvalue weighted by molar-refractivity contribution is 6.32. The van der Waals surface area contributed by atoms with Crippen LogP contribution in [-0.4, -0.2) is 11.3 Å². The van der Waals surface area contributed by atoms with E-state index in [0.29, 0.717) is 15.6 Å². The predicted molar refractivity (Wildman–Crippen MR) is 76.6 cm³/mol. The number of nitrogens with zero attached hydrogens (tertiary/aromatic N) is 1. The van der Waals surface area contributed by atoms with Crippen molar-refractivity contribution < 1.29 is 5.11 Å². The first kappa shape index (κ1) is 12.9. The van der Waals surface area contributed by atoms with E-state index in [9.17, 15) is 5.11 Å². The molecule has 0 unspecified atom stereocenters. The van der Waals surface area contributed by atoms with Crippen molar-refractivity contribution in [3.8, 4) is 5.75 Å². The van der Waals surface area contributed by atoms with Gasteiger partial charge in [0.05, 0.1) is 10.7 Å². The van der Waals surface area contributed by atoms with Crippen LogP contribution in [0.2, 0.25) is 10.0 Å². The number of aromatic hydroxyl groups is 1. The Morgan fingerprint density at radius 1 is 1.11 bits per heavy atom. The normalized spacial score (nSPS) is 11.1. The maximum Gasteiger partial charge on any atom is 0.142 e. The minimum Gasteiger partial charge on any atom is -0.506 e. The maximum atomic E-state index is 9.80. The van der Waals surface area contributed by atoms with E-state index < -0.39 is 0 Å². The number of phenolic OH excluding ortho intramolecular Hbond substituents is 1. The zero-order chi connectivity index (χ0) is 13.1. The summed E-state index contributed by atoms with van der Waals surface area (Å²) in [4.78, 5) is 4.26. The Kier molecular flexibility index (Phi) is 3.90. The average molecular weight is 280 g/mol. The molecule has 0 aliphatic carbocycles. The van der Waals surface area contributed by atoms with Crippen LogP contribution in [0.3, 0.4) is 0 Å². The van der Waals surface area contributed by atoms with Gasteiger partial charge < -0.3 is 5.11 Å². The standard InChI is InChI=1S/C14H11Cl2NO/c1-9-6-10(14(18)13(16)7-9)8-17-12-4-2-11(15)3-5-12/h2-8,18H,1H3. The lowest BCUT2D eigenvalue weighted by atomic mass is 10.1. The number of rotatable bonds is 2. The number of phenols is 1. The van der Waals surface area contributed by atoms with Gasteiger partial charge in [0.2, 0.25) is 0 Å². The zero-order valence-electron chi connectivity index (χ0n) is 9.69. The first-order chi connectivity index (χ1) is 8.56. The summed E-state index contributed by atoms with van der Waals surface area (Å²) < 4.78 is 0. The van der Waals surface area contributed by atoms with Crippen LogP contribution in [0.5, 0.6) is 5.75 Å². The molecule has 0 fully saturated rings. The van der Waals surface area contributed by atoms with Crippen LogP contribution in [0.4, 0.5) is 5.69 Å². The minimum absolute atomic E-state index is 0.0416. The molecule has 4 heteroatoms. The van der Waals surface area contributed by atoms with Gasteiger partial charge in [-0.3, -0.25) is 4.99 Å². The quantitative estimate of drug-likeness (QED) is 0.790. The van der Waals surface area contributed by atoms with Crippen molar-refractivity contribution in [2.45, 2.75) is 6.92 Å². The smallest absolute Gasteiger partial charge is 0.142 e. The molecule has 2 aromatic carbocycles. The summed E-state index contributed by atoms with van der Waals surface area (Å²) in [6.07, 6.45) is 1.58. The fourth-order valence-electron chi connectivity index (χ4n) is 1.53. The molecule has 18 heavy (non-hydrogen) atoms. The Balaban J connectivity index is 2.31. The van der Waals surface area contributed by atoms with Crippen LogP contribution in [0.15, 0.2) is 41.4 Å². The number of aliphatic imine (C=N–C) groups is 1. The molecule has 0 saturated heterocycles. The molecule has 0 heterocycles. The van der Waals surface area contributed by atoms with Gasteiger partial charge in [-0.05, 0) is 48.9 Å². The summed E-state index contributed by atoms with van der Waals surface area (Å²) in [5, 5.41) is 10.8. The number of benzene rings is 2. The van der Waals surface area contributed by atoms with E-state index in [2.05, 4.69) is 4.99 Å². The van der Waals surface area contributed by atoms with E-state index in [4.69, 9.17) is 23.2 Å². The molecule has 0 bridgehead atoms. The van der Waals surface area contributed by atoms with Crippen molar-refractivity contribution in [3.63, 3.8) is 0 Å². The second-order valence-corrected chi connectivity index (χ2v) is 4.76. The van der Waals surface area contributed by atoms with Gasteiger partial charge in [0.15, 0.2) is 0 Å². The summed E-state index contributed by atoms with van der Waals surface area (Å²) in [6, 6.07) is 10.6. The second-order valence-electron chi connectivity index (χ2n) is 3.92. The van der Waals surface area contributed by atoms with Crippen LogP contribution in [0, 0.1) is 6.92 Å². The predicted octanol–water partition coefficient (Wildman–Crippen LogP) is 4.76. The highest BCUT2D eigenvalue weighted by atomic mass is 35.5. The molecule has 0 spiro atoms. The summed E-state index contributed by atoms with van der Waals surface area (Å²) in [5.41, 5.74) is 2.32. The zero-order valence-corrected chi connectivity index (χ0v) is 11.2. The Hall–Kier alpha value is -1.51. The lowest BCUT2D eigenvalue weighted by molar-refractivity contribution is 0.474. The number of halogens is 2. The van der Waals surface area contributed by atoms with E-state index in [1.54, 1.807) is 36.5 Å². The molecule has 2 nitrogen and oxygen atoms in total. The van der Waals surface area contributed by atoms with Gasteiger partial charge in [0.1, 0.15) is 5.75 Å². The molecule has 2 aromatic rings. The highest BCUT2D eigenvalue weighted by Crippen LogP contribution is 2.28. The van der Waals surface area contributed by atoms with Crippen molar-refractivity contribution in [2.24, 2.45) is 4.99 Å². The summed E-state index contributed by atoms with van der Waals surface area (Å²) in [7, 11) is 0. The number of aryl methyl sites for hydroxylation is 1. The fraction of sp³-hybridized carbons (Fsp3) is 0.0714. The minimum atomic E-state index is 0.0416. The lowest BCUT2D eigenvalue weighted by Crippen LogP contribution is -1.85. The van der Waals surface area contributed by atoms with Gasteiger partial charge in [-0.1, -0.05) is 23.2 Å². The molecule has 0 aliphatic rings. The number of hydrogen-bond acceptors (Lipinski definition) is 2. The largest absolute Gasteiger partial charge is 0.506 e. The second kappa shape index (κ2) is 5.42. The molecule has 92 valence electrons. The average Bonchev–Trinajstić information content (AvgIpc) is 2.34. The van der Waals surface area contributed by atoms with Crippen molar-refractivity contribution in [1.29, 1.82) is 0 Å². The van der Waals surface area contributed by atoms with E-state index >= 15 is 0 Å². The summed E-state index contributed by atoms with van der Waals surface area (Å²) in [5.74, 6) is 0.0416. The van der Waals surface area contributed by atoms with Gasteiger partial charge in [-0.15, -0.1) is 0 Å². The Morgan fingerprint density at radius 2 is 1.78 bits per heavy atom. The first-order valence-corrected chi connectivity index (χ1v) is 6.10. The molecule has 0 saturated carbocycles. The van der Waals surface area contributed by atoms with Gasteiger partial charge in [0, 0.05) is 16.8 Å². The summed E-state index contributed by atoms with van der Waals surface area (Å²) >= 11 is 11.7. The third kappa shape index (κ3) is 3.03. The van der Waals surface area contributed by atoms with Crippen LogP contribution in [0.1, 0.15) is 11.1 Å². The molecule has 0 amide bonds. The molecule has 1 N–H and O–H groups in total. The van der Waals surface area contributed by atoms with E-state index in [1.807, 2.05) is 13.0 Å². The van der Waals surface area contributed by atoms with Crippen LogP contribution in [-0.2, 0) is 0 Å². The molecule has 0 atom stereocenters. The van der Waals surface area contributed by atoms with Crippen molar-refractivity contribution >= 4 is 35.1 Å². The lowest BCUT2D eigenvalue weighted by Gasteiger charge is -2.03. The molecular weight excluding hydrogens is 269 g/mol. The monoisotopic (exact) mass is 279 g/mol. The maximum absolute atomic E-state index is 9.80. The van der Waals surface area contributed by atoms with Gasteiger partial charge in [0.25, 0.3) is 0 Å². The third-order valence-electron chi connectivity index (χ3n) is 2.42. The van der Waals surface area contributed by atoms with Crippen LogP contribution >= 0.6 is 23.2 Å². The Bertz CT molecular complexity index is 591. The molecule has 0 aliphatic heterocycles. The fourth-order valence-corrected chi connectivity index (χ4v) is 1.94. The van der Waals surface area contributed by atoms with E-state index in [1.165, 1.54) is 0 Å². The molecule has 0 aromatic heterocycles. The molecule has 2 rings (SSSR count). The summed E-state index contributed by atoms with van der Waals surface area (Å²) in [6.45, 7) is 1.91.